The number of fused-ring (bicyclic) bond motifs is 1. The van der Waals surface area contributed by atoms with Crippen molar-refractivity contribution < 1.29 is 9.84 Å². The van der Waals surface area contributed by atoms with Gasteiger partial charge in [-0.05, 0) is 31.9 Å². The lowest BCUT2D eigenvalue weighted by Crippen LogP contribution is -2.37. The van der Waals surface area contributed by atoms with Crippen LogP contribution in [0.25, 0.3) is 21.3 Å². The van der Waals surface area contributed by atoms with E-state index in [1.807, 2.05) is 74.7 Å². The van der Waals surface area contributed by atoms with Crippen LogP contribution in [0.15, 0.2) is 70.8 Å². The molecule has 0 radical (unpaired) electrons. The summed E-state index contributed by atoms with van der Waals surface area (Å²) in [6.07, 6.45) is -0.662. The second-order valence-electron chi connectivity index (χ2n) is 9.44. The monoisotopic (exact) mass is 477 g/mol. The molecule has 4 aromatic rings. The van der Waals surface area contributed by atoms with Crippen LogP contribution in [0.5, 0.6) is 0 Å². The van der Waals surface area contributed by atoms with Gasteiger partial charge in [0.25, 0.3) is 5.56 Å². The molecule has 1 atom stereocenters. The van der Waals surface area contributed by atoms with Crippen LogP contribution in [0.2, 0.25) is 0 Å². The van der Waals surface area contributed by atoms with Gasteiger partial charge in [0.05, 0.1) is 30.2 Å². The maximum atomic E-state index is 13.1. The Balaban J connectivity index is 1.57. The summed E-state index contributed by atoms with van der Waals surface area (Å²) >= 11 is 1.47. The van der Waals surface area contributed by atoms with Gasteiger partial charge in [-0.25, -0.2) is 4.98 Å². The normalized spacial score (nSPS) is 13.0. The maximum absolute atomic E-state index is 13.1. The number of hydrogen-bond donors (Lipinski definition) is 2. The van der Waals surface area contributed by atoms with E-state index in [2.05, 4.69) is 22.0 Å². The van der Waals surface area contributed by atoms with E-state index in [9.17, 15) is 9.90 Å². The number of H-pyrrole nitrogens is 1. The number of nitrogens with one attached hydrogen (secondary N) is 1. The molecule has 7 heteroatoms. The fraction of sp³-hybridized carbons (Fsp3) is 0.333. The molecule has 6 nitrogen and oxygen atoms in total. The molecule has 2 N–H and O–H groups in total. The summed E-state index contributed by atoms with van der Waals surface area (Å²) < 4.78 is 5.77. The van der Waals surface area contributed by atoms with Crippen LogP contribution in [0.4, 0.5) is 0 Å². The lowest BCUT2D eigenvalue weighted by Gasteiger charge is -2.27. The second-order valence-corrected chi connectivity index (χ2v) is 10.3. The maximum Gasteiger partial charge on any atom is 0.260 e. The molecule has 0 amide bonds. The predicted octanol–water partition coefficient (Wildman–Crippen LogP) is 4.83. The van der Waals surface area contributed by atoms with Crippen molar-refractivity contribution in [3.63, 3.8) is 0 Å². The third kappa shape index (κ3) is 6.39. The SMILES string of the molecule is CC(C)(C)OCC(O)CN(Cc1ccccc1)Cc1nc2scc(-c3ccccc3)c2c(=O)[nH]1. The van der Waals surface area contributed by atoms with Crippen LogP contribution < -0.4 is 5.56 Å². The Morgan fingerprint density at radius 3 is 2.41 bits per heavy atom. The number of benzene rings is 2. The minimum absolute atomic E-state index is 0.142. The number of aliphatic hydroxyl groups is 1. The van der Waals surface area contributed by atoms with Gasteiger partial charge in [0.15, 0.2) is 0 Å². The summed E-state index contributed by atoms with van der Waals surface area (Å²) in [7, 11) is 0. The first-order valence-electron chi connectivity index (χ1n) is 11.4. The van der Waals surface area contributed by atoms with Crippen molar-refractivity contribution in [2.45, 2.75) is 45.6 Å². The van der Waals surface area contributed by atoms with E-state index in [0.29, 0.717) is 35.7 Å². The van der Waals surface area contributed by atoms with E-state index in [1.54, 1.807) is 0 Å². The number of aliphatic hydroxyl groups excluding tert-OH is 1. The van der Waals surface area contributed by atoms with Gasteiger partial charge in [-0.3, -0.25) is 9.69 Å². The summed E-state index contributed by atoms with van der Waals surface area (Å²) in [5.41, 5.74) is 2.56. The first-order valence-corrected chi connectivity index (χ1v) is 12.3. The Morgan fingerprint density at radius 2 is 1.74 bits per heavy atom. The molecule has 0 aliphatic rings. The molecule has 178 valence electrons. The van der Waals surface area contributed by atoms with E-state index in [1.165, 1.54) is 11.3 Å². The zero-order chi connectivity index (χ0) is 24.1. The molecule has 0 aliphatic carbocycles. The Hall–Kier alpha value is -2.84. The highest BCUT2D eigenvalue weighted by Crippen LogP contribution is 2.30. The highest BCUT2D eigenvalue weighted by atomic mass is 32.1. The number of hydrogen-bond acceptors (Lipinski definition) is 6. The van der Waals surface area contributed by atoms with E-state index in [4.69, 9.17) is 9.72 Å². The van der Waals surface area contributed by atoms with Crippen LogP contribution in [0.3, 0.4) is 0 Å². The van der Waals surface area contributed by atoms with Gasteiger partial charge in [-0.2, -0.15) is 0 Å². The van der Waals surface area contributed by atoms with Crippen LogP contribution in [-0.2, 0) is 17.8 Å². The van der Waals surface area contributed by atoms with E-state index < -0.39 is 6.10 Å². The average molecular weight is 478 g/mol. The Morgan fingerprint density at radius 1 is 1.06 bits per heavy atom. The number of aromatic amines is 1. The van der Waals surface area contributed by atoms with E-state index in [0.717, 1.165) is 16.7 Å². The topological polar surface area (TPSA) is 78.5 Å². The highest BCUT2D eigenvalue weighted by Gasteiger charge is 2.19. The van der Waals surface area contributed by atoms with Crippen LogP contribution in [0, 0.1) is 0 Å². The summed E-state index contributed by atoms with van der Waals surface area (Å²) in [4.78, 5) is 23.6. The van der Waals surface area contributed by atoms with Gasteiger partial charge in [0.1, 0.15) is 10.7 Å². The second kappa shape index (κ2) is 10.6. The molecule has 0 fully saturated rings. The van der Waals surface area contributed by atoms with E-state index in [-0.39, 0.29) is 17.8 Å². The molecule has 0 bridgehead atoms. The van der Waals surface area contributed by atoms with Gasteiger partial charge < -0.3 is 14.8 Å². The minimum atomic E-state index is -0.662. The molecule has 0 saturated heterocycles. The van der Waals surface area contributed by atoms with Crippen molar-refractivity contribution in [2.75, 3.05) is 13.2 Å². The molecule has 34 heavy (non-hydrogen) atoms. The average Bonchev–Trinajstić information content (AvgIpc) is 3.23. The van der Waals surface area contributed by atoms with Crippen molar-refractivity contribution >= 4 is 21.6 Å². The molecular weight excluding hydrogens is 446 g/mol. The highest BCUT2D eigenvalue weighted by molar-refractivity contribution is 7.17. The van der Waals surface area contributed by atoms with Crippen molar-refractivity contribution in [3.05, 3.63) is 87.8 Å². The largest absolute Gasteiger partial charge is 0.389 e. The molecule has 2 aromatic heterocycles. The Labute approximate surface area is 203 Å². The number of thiophene rings is 1. The number of ether oxygens (including phenoxy) is 1. The number of aromatic nitrogens is 2. The van der Waals surface area contributed by atoms with Crippen molar-refractivity contribution in [3.8, 4) is 11.1 Å². The summed E-state index contributed by atoms with van der Waals surface area (Å²) in [6, 6.07) is 20.0. The smallest absolute Gasteiger partial charge is 0.260 e. The first-order chi connectivity index (χ1) is 16.3. The fourth-order valence-electron chi connectivity index (χ4n) is 3.83. The molecule has 0 spiro atoms. The predicted molar refractivity (Wildman–Crippen MR) is 138 cm³/mol. The molecule has 0 saturated carbocycles. The van der Waals surface area contributed by atoms with E-state index >= 15 is 0 Å². The van der Waals surface area contributed by atoms with Crippen LogP contribution in [-0.4, -0.2) is 44.8 Å². The first kappa shape index (κ1) is 24.3. The summed E-state index contributed by atoms with van der Waals surface area (Å²) in [5, 5.41) is 13.2. The van der Waals surface area contributed by atoms with Gasteiger partial charge in [0.2, 0.25) is 0 Å². The Bertz CT molecular complexity index is 1260. The lowest BCUT2D eigenvalue weighted by atomic mass is 10.1. The molecule has 2 heterocycles. The molecule has 1 unspecified atom stereocenters. The zero-order valence-corrected chi connectivity index (χ0v) is 20.6. The third-order valence-electron chi connectivity index (χ3n) is 5.38. The van der Waals surface area contributed by atoms with Gasteiger partial charge in [-0.1, -0.05) is 60.7 Å². The van der Waals surface area contributed by atoms with Crippen molar-refractivity contribution in [1.82, 2.24) is 14.9 Å². The summed E-state index contributed by atoms with van der Waals surface area (Å²) in [5.74, 6) is 0.582. The summed E-state index contributed by atoms with van der Waals surface area (Å²) in [6.45, 7) is 7.57. The fourth-order valence-corrected chi connectivity index (χ4v) is 4.80. The van der Waals surface area contributed by atoms with Crippen molar-refractivity contribution in [2.24, 2.45) is 0 Å². The molecule has 4 rings (SSSR count). The van der Waals surface area contributed by atoms with Crippen LogP contribution >= 0.6 is 11.3 Å². The van der Waals surface area contributed by atoms with Gasteiger partial charge in [-0.15, -0.1) is 11.3 Å². The van der Waals surface area contributed by atoms with Crippen LogP contribution in [0.1, 0.15) is 32.2 Å². The lowest BCUT2D eigenvalue weighted by molar-refractivity contribution is -0.0574. The molecular formula is C27H31N3O3S. The number of rotatable bonds is 9. The molecule has 2 aromatic carbocycles. The van der Waals surface area contributed by atoms with Crippen molar-refractivity contribution in [1.29, 1.82) is 0 Å². The minimum Gasteiger partial charge on any atom is -0.389 e. The standard InChI is InChI=1S/C27H31N3O3S/c1-27(2,3)33-17-21(31)15-30(14-19-10-6-4-7-11-19)16-23-28-25(32)24-22(18-34-26(24)29-23)20-12-8-5-9-13-20/h4-13,18,21,31H,14-17H2,1-3H3,(H,28,29,32). The number of nitrogens with zero attached hydrogens (tertiary/aromatic N) is 2. The van der Waals surface area contributed by atoms with Gasteiger partial charge >= 0.3 is 0 Å². The quantitative estimate of drug-likeness (QED) is 0.361. The molecule has 0 aliphatic heterocycles. The Kier molecular flexibility index (Phi) is 7.58. The zero-order valence-electron chi connectivity index (χ0n) is 19.8. The third-order valence-corrected chi connectivity index (χ3v) is 6.25. The van der Waals surface area contributed by atoms with Gasteiger partial charge in [0, 0.05) is 24.0 Å².